The summed E-state index contributed by atoms with van der Waals surface area (Å²) < 4.78 is 0. The van der Waals surface area contributed by atoms with Crippen molar-refractivity contribution in [3.05, 3.63) is 34.6 Å². The fourth-order valence-electron chi connectivity index (χ4n) is 2.88. The average molecular weight is 257 g/mol. The van der Waals surface area contributed by atoms with E-state index >= 15 is 0 Å². The molecule has 0 amide bonds. The summed E-state index contributed by atoms with van der Waals surface area (Å²) in [6.07, 6.45) is 6.65. The third-order valence-electron chi connectivity index (χ3n) is 3.98. The van der Waals surface area contributed by atoms with Gasteiger partial charge in [-0.2, -0.15) is 5.10 Å². The Bertz CT molecular complexity index is 614. The van der Waals surface area contributed by atoms with E-state index in [0.29, 0.717) is 5.39 Å². The van der Waals surface area contributed by atoms with Crippen LogP contribution in [-0.2, 0) is 0 Å². The number of hydrogen-bond donors (Lipinski definition) is 2. The molecule has 2 aromatic rings. The average Bonchev–Trinajstić information content (AvgIpc) is 2.48. The van der Waals surface area contributed by atoms with Crippen molar-refractivity contribution in [1.29, 1.82) is 0 Å². The Labute approximate surface area is 112 Å². The quantitative estimate of drug-likeness (QED) is 0.888. The first-order valence-corrected chi connectivity index (χ1v) is 7.06. The van der Waals surface area contributed by atoms with Crippen molar-refractivity contribution < 1.29 is 0 Å². The predicted molar refractivity (Wildman–Crippen MR) is 77.4 cm³/mol. The van der Waals surface area contributed by atoms with Gasteiger partial charge in [0.2, 0.25) is 0 Å². The summed E-state index contributed by atoms with van der Waals surface area (Å²) in [5.74, 6) is 1.53. The van der Waals surface area contributed by atoms with Gasteiger partial charge in [0, 0.05) is 11.9 Å². The summed E-state index contributed by atoms with van der Waals surface area (Å²) in [5, 5.41) is 11.7. The molecule has 1 aliphatic rings. The number of fused-ring (bicyclic) bond motifs is 1. The summed E-state index contributed by atoms with van der Waals surface area (Å²) in [6.45, 7) is 0.947. The molecule has 0 bridgehead atoms. The van der Waals surface area contributed by atoms with Crippen molar-refractivity contribution in [3.63, 3.8) is 0 Å². The molecule has 100 valence electrons. The van der Waals surface area contributed by atoms with Crippen LogP contribution in [0, 0.1) is 5.92 Å². The standard InChI is InChI=1S/C15H19N3O/c19-15-13-9-5-4-8-12(13)14(17-18-15)16-10-11-6-2-1-3-7-11/h4-5,8-9,11H,1-3,6-7,10H2,(H,16,17)(H,18,19). The lowest BCUT2D eigenvalue weighted by molar-refractivity contribution is 0.373. The maximum atomic E-state index is 11.7. The van der Waals surface area contributed by atoms with Gasteiger partial charge in [-0.3, -0.25) is 4.79 Å². The van der Waals surface area contributed by atoms with Gasteiger partial charge in [-0.25, -0.2) is 5.10 Å². The second-order valence-electron chi connectivity index (χ2n) is 5.33. The van der Waals surface area contributed by atoms with Gasteiger partial charge in [0.25, 0.3) is 5.56 Å². The zero-order valence-electron chi connectivity index (χ0n) is 11.0. The number of nitrogens with one attached hydrogen (secondary N) is 2. The molecule has 0 saturated heterocycles. The number of benzene rings is 1. The first kappa shape index (κ1) is 12.2. The van der Waals surface area contributed by atoms with Crippen LogP contribution in [-0.4, -0.2) is 16.7 Å². The molecule has 0 aliphatic heterocycles. The number of H-pyrrole nitrogens is 1. The van der Waals surface area contributed by atoms with Gasteiger partial charge < -0.3 is 5.32 Å². The number of anilines is 1. The molecule has 4 heteroatoms. The van der Waals surface area contributed by atoms with Gasteiger partial charge >= 0.3 is 0 Å². The molecule has 1 aromatic carbocycles. The zero-order valence-corrected chi connectivity index (χ0v) is 11.0. The second kappa shape index (κ2) is 5.43. The molecule has 1 heterocycles. The molecule has 2 N–H and O–H groups in total. The summed E-state index contributed by atoms with van der Waals surface area (Å²) in [7, 11) is 0. The molecule has 0 atom stereocenters. The lowest BCUT2D eigenvalue weighted by Crippen LogP contribution is -2.19. The molecule has 0 unspecified atom stereocenters. The lowest BCUT2D eigenvalue weighted by atomic mass is 9.89. The van der Waals surface area contributed by atoms with Crippen LogP contribution in [0.5, 0.6) is 0 Å². The summed E-state index contributed by atoms with van der Waals surface area (Å²) in [6, 6.07) is 7.60. The van der Waals surface area contributed by atoms with E-state index in [2.05, 4.69) is 15.5 Å². The monoisotopic (exact) mass is 257 g/mol. The van der Waals surface area contributed by atoms with Crippen LogP contribution in [0.15, 0.2) is 29.1 Å². The highest BCUT2D eigenvalue weighted by atomic mass is 16.1. The van der Waals surface area contributed by atoms with Crippen molar-refractivity contribution in [2.24, 2.45) is 5.92 Å². The zero-order chi connectivity index (χ0) is 13.1. The minimum atomic E-state index is -0.126. The first-order chi connectivity index (χ1) is 9.34. The second-order valence-corrected chi connectivity index (χ2v) is 5.33. The van der Waals surface area contributed by atoms with Gasteiger partial charge in [0.05, 0.1) is 5.39 Å². The van der Waals surface area contributed by atoms with Crippen LogP contribution in [0.1, 0.15) is 32.1 Å². The Morgan fingerprint density at radius 2 is 1.89 bits per heavy atom. The highest BCUT2D eigenvalue weighted by Crippen LogP contribution is 2.24. The van der Waals surface area contributed by atoms with E-state index in [9.17, 15) is 4.79 Å². The fourth-order valence-corrected chi connectivity index (χ4v) is 2.88. The van der Waals surface area contributed by atoms with Crippen LogP contribution in [0.4, 0.5) is 5.82 Å². The van der Waals surface area contributed by atoms with Crippen molar-refractivity contribution in [2.75, 3.05) is 11.9 Å². The Morgan fingerprint density at radius 3 is 2.68 bits per heavy atom. The van der Waals surface area contributed by atoms with Gasteiger partial charge in [0.15, 0.2) is 5.82 Å². The largest absolute Gasteiger partial charge is 0.368 e. The molecular formula is C15H19N3O. The van der Waals surface area contributed by atoms with Crippen LogP contribution in [0.25, 0.3) is 10.8 Å². The van der Waals surface area contributed by atoms with E-state index in [-0.39, 0.29) is 5.56 Å². The summed E-state index contributed by atoms with van der Waals surface area (Å²) in [5.41, 5.74) is -0.126. The predicted octanol–water partition coefficient (Wildman–Crippen LogP) is 2.92. The van der Waals surface area contributed by atoms with Crippen molar-refractivity contribution in [2.45, 2.75) is 32.1 Å². The highest BCUT2D eigenvalue weighted by Gasteiger charge is 2.14. The van der Waals surface area contributed by atoms with E-state index in [1.165, 1.54) is 32.1 Å². The van der Waals surface area contributed by atoms with E-state index in [4.69, 9.17) is 0 Å². The number of aromatic amines is 1. The van der Waals surface area contributed by atoms with E-state index in [0.717, 1.165) is 23.7 Å². The lowest BCUT2D eigenvalue weighted by Gasteiger charge is -2.22. The number of hydrogen-bond acceptors (Lipinski definition) is 3. The maximum Gasteiger partial charge on any atom is 0.272 e. The van der Waals surface area contributed by atoms with E-state index in [1.807, 2.05) is 24.3 Å². The van der Waals surface area contributed by atoms with E-state index in [1.54, 1.807) is 0 Å². The van der Waals surface area contributed by atoms with Crippen molar-refractivity contribution in [1.82, 2.24) is 10.2 Å². The molecule has 1 fully saturated rings. The number of rotatable bonds is 3. The third kappa shape index (κ3) is 2.62. The molecule has 1 saturated carbocycles. The van der Waals surface area contributed by atoms with Crippen molar-refractivity contribution >= 4 is 16.6 Å². The maximum absolute atomic E-state index is 11.7. The Balaban J connectivity index is 1.81. The van der Waals surface area contributed by atoms with Crippen LogP contribution in [0.3, 0.4) is 0 Å². The van der Waals surface area contributed by atoms with Gasteiger partial charge in [-0.15, -0.1) is 0 Å². The van der Waals surface area contributed by atoms with Gasteiger partial charge in [-0.05, 0) is 24.8 Å². The Morgan fingerprint density at radius 1 is 1.16 bits per heavy atom. The minimum absolute atomic E-state index is 0.126. The van der Waals surface area contributed by atoms with Crippen molar-refractivity contribution in [3.8, 4) is 0 Å². The van der Waals surface area contributed by atoms with Crippen LogP contribution < -0.4 is 10.9 Å². The number of nitrogens with zero attached hydrogens (tertiary/aromatic N) is 1. The minimum Gasteiger partial charge on any atom is -0.368 e. The highest BCUT2D eigenvalue weighted by molar-refractivity contribution is 5.90. The molecule has 19 heavy (non-hydrogen) atoms. The number of aromatic nitrogens is 2. The van der Waals surface area contributed by atoms with Crippen LogP contribution in [0.2, 0.25) is 0 Å². The molecule has 1 aromatic heterocycles. The fraction of sp³-hybridized carbons (Fsp3) is 0.467. The van der Waals surface area contributed by atoms with Gasteiger partial charge in [-0.1, -0.05) is 37.5 Å². The summed E-state index contributed by atoms with van der Waals surface area (Å²) in [4.78, 5) is 11.7. The first-order valence-electron chi connectivity index (χ1n) is 7.06. The molecule has 0 spiro atoms. The topological polar surface area (TPSA) is 57.8 Å². The van der Waals surface area contributed by atoms with Crippen LogP contribution >= 0.6 is 0 Å². The molecule has 0 radical (unpaired) electrons. The SMILES string of the molecule is O=c1[nH]nc(NCC2CCCCC2)c2ccccc12. The normalized spacial score (nSPS) is 16.6. The summed E-state index contributed by atoms with van der Waals surface area (Å²) >= 11 is 0. The third-order valence-corrected chi connectivity index (χ3v) is 3.98. The van der Waals surface area contributed by atoms with E-state index < -0.39 is 0 Å². The van der Waals surface area contributed by atoms with Gasteiger partial charge in [0.1, 0.15) is 0 Å². The molecule has 1 aliphatic carbocycles. The Kier molecular flexibility index (Phi) is 3.49. The molecule has 3 rings (SSSR count). The molecule has 4 nitrogen and oxygen atoms in total. The molecular weight excluding hydrogens is 238 g/mol. The smallest absolute Gasteiger partial charge is 0.272 e. The Hall–Kier alpha value is -1.84.